The number of aromatic amines is 1. The summed E-state index contributed by atoms with van der Waals surface area (Å²) in [5.74, 6) is -1.18. The Bertz CT molecular complexity index is 528. The van der Waals surface area contributed by atoms with Gasteiger partial charge in [0.25, 0.3) is 0 Å². The van der Waals surface area contributed by atoms with Crippen LogP contribution in [0.2, 0.25) is 0 Å². The lowest BCUT2D eigenvalue weighted by atomic mass is 9.80. The van der Waals surface area contributed by atoms with Crippen LogP contribution in [0.3, 0.4) is 0 Å². The summed E-state index contributed by atoms with van der Waals surface area (Å²) in [7, 11) is 0. The van der Waals surface area contributed by atoms with E-state index in [-0.39, 0.29) is 25.4 Å². The lowest BCUT2D eigenvalue weighted by molar-refractivity contribution is -0.157. The molecule has 7 heteroatoms. The second-order valence-electron chi connectivity index (χ2n) is 5.51. The first-order chi connectivity index (χ1) is 9.99. The summed E-state index contributed by atoms with van der Waals surface area (Å²) in [4.78, 5) is 33.0. The van der Waals surface area contributed by atoms with E-state index in [1.165, 1.54) is 11.2 Å². The molecular weight excluding hydrogens is 272 g/mol. The third kappa shape index (κ3) is 2.53. The number of aliphatic carboxylic acids is 1. The number of rotatable bonds is 5. The Morgan fingerprint density at radius 3 is 2.71 bits per heavy atom. The molecule has 0 aliphatic carbocycles. The number of aromatic nitrogens is 2. The quantitative estimate of drug-likeness (QED) is 0.732. The second-order valence-corrected chi connectivity index (χ2v) is 5.51. The number of fused-ring (bicyclic) bond motifs is 1. The molecule has 2 rings (SSSR count). The predicted molar refractivity (Wildman–Crippen MR) is 76.3 cm³/mol. The zero-order valence-electron chi connectivity index (χ0n) is 12.4. The Kier molecular flexibility index (Phi) is 4.32. The molecular formula is C14H22N4O3. The van der Waals surface area contributed by atoms with Crippen molar-refractivity contribution in [3.05, 3.63) is 17.7 Å². The molecule has 0 saturated heterocycles. The maximum Gasteiger partial charge on any atom is 0.326 e. The summed E-state index contributed by atoms with van der Waals surface area (Å²) in [5.41, 5.74) is 6.65. The number of amides is 1. The number of carbonyl (C=O) groups excluding carboxylic acids is 1. The predicted octanol–water partition coefficient (Wildman–Crippen LogP) is 0.513. The van der Waals surface area contributed by atoms with Crippen LogP contribution in [-0.2, 0) is 22.6 Å². The molecule has 0 bridgehead atoms. The number of H-pyrrole nitrogens is 1. The standard InChI is InChI=1S/C14H22N4O3/c1-3-14(4-2,7-15)13(21)18-6-10-9(16-8-17-10)5-11(18)12(19)20/h8,11H,3-7,15H2,1-2H3,(H,16,17)(H,19,20). The third-order valence-electron chi connectivity index (χ3n) is 4.64. The third-order valence-corrected chi connectivity index (χ3v) is 4.64. The molecule has 116 valence electrons. The molecule has 1 aromatic rings. The Morgan fingerprint density at radius 1 is 1.52 bits per heavy atom. The molecule has 1 aromatic heterocycles. The molecule has 0 fully saturated rings. The number of carboxylic acid groups (broad SMARTS) is 1. The highest BCUT2D eigenvalue weighted by Crippen LogP contribution is 2.32. The summed E-state index contributed by atoms with van der Waals surface area (Å²) in [6.07, 6.45) is 2.95. The van der Waals surface area contributed by atoms with E-state index in [0.717, 1.165) is 11.4 Å². The normalized spacial score (nSPS) is 18.4. The van der Waals surface area contributed by atoms with Crippen LogP contribution >= 0.6 is 0 Å². The van der Waals surface area contributed by atoms with Gasteiger partial charge in [0.2, 0.25) is 5.91 Å². The number of hydrogen-bond donors (Lipinski definition) is 3. The van der Waals surface area contributed by atoms with E-state index in [9.17, 15) is 14.7 Å². The van der Waals surface area contributed by atoms with E-state index < -0.39 is 17.4 Å². The van der Waals surface area contributed by atoms with Crippen molar-refractivity contribution in [3.8, 4) is 0 Å². The van der Waals surface area contributed by atoms with Crippen LogP contribution in [0, 0.1) is 5.41 Å². The number of nitrogens with zero attached hydrogens (tertiary/aromatic N) is 2. The molecule has 0 radical (unpaired) electrons. The zero-order valence-corrected chi connectivity index (χ0v) is 12.4. The van der Waals surface area contributed by atoms with Gasteiger partial charge in [-0.1, -0.05) is 13.8 Å². The summed E-state index contributed by atoms with van der Waals surface area (Å²) < 4.78 is 0. The summed E-state index contributed by atoms with van der Waals surface area (Å²) >= 11 is 0. The van der Waals surface area contributed by atoms with E-state index in [4.69, 9.17) is 5.73 Å². The van der Waals surface area contributed by atoms with E-state index >= 15 is 0 Å². The maximum atomic E-state index is 12.9. The van der Waals surface area contributed by atoms with Crippen LogP contribution in [0.25, 0.3) is 0 Å². The molecule has 2 heterocycles. The monoisotopic (exact) mass is 294 g/mol. The molecule has 0 aromatic carbocycles. The van der Waals surface area contributed by atoms with Crippen LogP contribution in [0.4, 0.5) is 0 Å². The highest BCUT2D eigenvalue weighted by Gasteiger charge is 2.43. The van der Waals surface area contributed by atoms with E-state index in [1.807, 2.05) is 13.8 Å². The molecule has 21 heavy (non-hydrogen) atoms. The zero-order chi connectivity index (χ0) is 15.6. The van der Waals surface area contributed by atoms with Crippen molar-refractivity contribution in [3.63, 3.8) is 0 Å². The number of hydrogen-bond acceptors (Lipinski definition) is 4. The molecule has 4 N–H and O–H groups in total. The van der Waals surface area contributed by atoms with Crippen LogP contribution in [0.1, 0.15) is 38.1 Å². The SMILES string of the molecule is CCC(CC)(CN)C(=O)N1Cc2[nH]cnc2CC1C(=O)O. The van der Waals surface area contributed by atoms with Gasteiger partial charge in [0.05, 0.1) is 29.7 Å². The first-order valence-electron chi connectivity index (χ1n) is 7.24. The number of imidazole rings is 1. The first-order valence-corrected chi connectivity index (χ1v) is 7.24. The van der Waals surface area contributed by atoms with Crippen molar-refractivity contribution in [2.45, 2.75) is 45.7 Å². The summed E-state index contributed by atoms with van der Waals surface area (Å²) in [6, 6.07) is -0.877. The lowest BCUT2D eigenvalue weighted by Crippen LogP contribution is -2.55. The average Bonchev–Trinajstić information content (AvgIpc) is 2.95. The molecule has 1 atom stereocenters. The van der Waals surface area contributed by atoms with Crippen molar-refractivity contribution in [2.75, 3.05) is 6.54 Å². The van der Waals surface area contributed by atoms with E-state index in [2.05, 4.69) is 9.97 Å². The number of carbonyl (C=O) groups is 2. The van der Waals surface area contributed by atoms with Crippen molar-refractivity contribution < 1.29 is 14.7 Å². The minimum Gasteiger partial charge on any atom is -0.480 e. The fraction of sp³-hybridized carbons (Fsp3) is 0.643. The van der Waals surface area contributed by atoms with Gasteiger partial charge in [0, 0.05) is 13.0 Å². The molecule has 1 aliphatic heterocycles. The molecule has 0 saturated carbocycles. The lowest BCUT2D eigenvalue weighted by Gasteiger charge is -2.39. The van der Waals surface area contributed by atoms with Crippen molar-refractivity contribution >= 4 is 11.9 Å². The highest BCUT2D eigenvalue weighted by molar-refractivity contribution is 5.88. The van der Waals surface area contributed by atoms with Gasteiger partial charge in [-0.15, -0.1) is 0 Å². The van der Waals surface area contributed by atoms with Gasteiger partial charge in [0.1, 0.15) is 6.04 Å². The van der Waals surface area contributed by atoms with Gasteiger partial charge >= 0.3 is 5.97 Å². The van der Waals surface area contributed by atoms with Crippen molar-refractivity contribution in [1.82, 2.24) is 14.9 Å². The van der Waals surface area contributed by atoms with Gasteiger partial charge in [-0.05, 0) is 12.8 Å². The molecule has 7 nitrogen and oxygen atoms in total. The number of nitrogens with one attached hydrogen (secondary N) is 1. The Morgan fingerprint density at radius 2 is 2.19 bits per heavy atom. The Labute approximate surface area is 123 Å². The Balaban J connectivity index is 2.36. The fourth-order valence-corrected chi connectivity index (χ4v) is 2.90. The second kappa shape index (κ2) is 5.85. The van der Waals surface area contributed by atoms with Gasteiger partial charge < -0.3 is 20.7 Å². The summed E-state index contributed by atoms with van der Waals surface area (Å²) in [5, 5.41) is 9.44. The van der Waals surface area contributed by atoms with Crippen LogP contribution < -0.4 is 5.73 Å². The first kappa shape index (κ1) is 15.5. The molecule has 1 unspecified atom stereocenters. The Hall–Kier alpha value is -1.89. The van der Waals surface area contributed by atoms with E-state index in [0.29, 0.717) is 12.8 Å². The van der Waals surface area contributed by atoms with Gasteiger partial charge in [-0.3, -0.25) is 4.79 Å². The topological polar surface area (TPSA) is 112 Å². The average molecular weight is 294 g/mol. The van der Waals surface area contributed by atoms with Gasteiger partial charge in [0.15, 0.2) is 0 Å². The summed E-state index contributed by atoms with van der Waals surface area (Å²) in [6.45, 7) is 4.29. The van der Waals surface area contributed by atoms with Crippen molar-refractivity contribution in [2.24, 2.45) is 11.1 Å². The highest BCUT2D eigenvalue weighted by atomic mass is 16.4. The van der Waals surface area contributed by atoms with Gasteiger partial charge in [-0.25, -0.2) is 9.78 Å². The van der Waals surface area contributed by atoms with Crippen LogP contribution in [0.5, 0.6) is 0 Å². The van der Waals surface area contributed by atoms with Crippen LogP contribution in [-0.4, -0.2) is 44.4 Å². The number of nitrogens with two attached hydrogens (primary N) is 1. The van der Waals surface area contributed by atoms with Gasteiger partial charge in [-0.2, -0.15) is 0 Å². The number of carboxylic acids is 1. The smallest absolute Gasteiger partial charge is 0.326 e. The van der Waals surface area contributed by atoms with Crippen molar-refractivity contribution in [1.29, 1.82) is 0 Å². The van der Waals surface area contributed by atoms with E-state index in [1.54, 1.807) is 0 Å². The minimum atomic E-state index is -1.00. The fourth-order valence-electron chi connectivity index (χ4n) is 2.90. The van der Waals surface area contributed by atoms with Crippen LogP contribution in [0.15, 0.2) is 6.33 Å². The molecule has 1 amide bonds. The maximum absolute atomic E-state index is 12.9. The minimum absolute atomic E-state index is 0.178. The largest absolute Gasteiger partial charge is 0.480 e. The molecule has 1 aliphatic rings. The molecule has 0 spiro atoms.